The third kappa shape index (κ3) is 2.38. The van der Waals surface area contributed by atoms with Gasteiger partial charge < -0.3 is 9.53 Å². The summed E-state index contributed by atoms with van der Waals surface area (Å²) in [5.41, 5.74) is -3.07. The Labute approximate surface area is 117 Å². The summed E-state index contributed by atoms with van der Waals surface area (Å²) in [7, 11) is 0. The maximum absolute atomic E-state index is 12.1. The summed E-state index contributed by atoms with van der Waals surface area (Å²) in [5.74, 6) is -2.01. The Morgan fingerprint density at radius 3 is 2.50 bits per heavy atom. The van der Waals surface area contributed by atoms with Crippen LogP contribution in [-0.2, 0) is 14.3 Å². The Hall–Kier alpha value is -1.97. The van der Waals surface area contributed by atoms with Crippen LogP contribution in [0.3, 0.4) is 0 Å². The molecule has 0 N–H and O–H groups in total. The van der Waals surface area contributed by atoms with E-state index in [-0.39, 0.29) is 31.7 Å². The van der Waals surface area contributed by atoms with E-state index in [0.717, 1.165) is 0 Å². The maximum atomic E-state index is 12.1. The lowest BCUT2D eigenvalue weighted by Gasteiger charge is -2.30. The van der Waals surface area contributed by atoms with Crippen molar-refractivity contribution >= 4 is 11.8 Å². The topological polar surface area (TPSA) is 110 Å². The Morgan fingerprint density at radius 2 is 2.10 bits per heavy atom. The van der Waals surface area contributed by atoms with E-state index < -0.39 is 27.8 Å². The number of nitro groups is 1. The molecular weight excluding hydrogens is 264 g/mol. The fourth-order valence-electron chi connectivity index (χ4n) is 2.91. The van der Waals surface area contributed by atoms with Crippen molar-refractivity contribution in [3.8, 4) is 6.07 Å². The molecule has 0 spiro atoms. The predicted octanol–water partition coefficient (Wildman–Crippen LogP) is 1.48. The molecule has 0 amide bonds. The average molecular weight is 282 g/mol. The SMILES string of the molecule is CCOC(=O)[C@@]1(C#N)CC[C@@](C)([N+](=O)[O-])[C@@H]1CC(C)=O. The first kappa shape index (κ1) is 16.1. The Morgan fingerprint density at radius 1 is 1.50 bits per heavy atom. The van der Waals surface area contributed by atoms with Gasteiger partial charge in [0.2, 0.25) is 5.54 Å². The first-order valence-electron chi connectivity index (χ1n) is 6.47. The molecule has 1 aliphatic carbocycles. The second-order valence-corrected chi connectivity index (χ2v) is 5.38. The summed E-state index contributed by atoms with van der Waals surface area (Å²) in [5, 5.41) is 20.8. The molecule has 1 saturated carbocycles. The summed E-state index contributed by atoms with van der Waals surface area (Å²) < 4.78 is 4.91. The minimum Gasteiger partial charge on any atom is -0.465 e. The van der Waals surface area contributed by atoms with Gasteiger partial charge in [0.1, 0.15) is 5.78 Å². The van der Waals surface area contributed by atoms with E-state index in [2.05, 4.69) is 0 Å². The van der Waals surface area contributed by atoms with Crippen LogP contribution in [0.5, 0.6) is 0 Å². The van der Waals surface area contributed by atoms with E-state index >= 15 is 0 Å². The van der Waals surface area contributed by atoms with Crippen LogP contribution >= 0.6 is 0 Å². The zero-order valence-electron chi connectivity index (χ0n) is 11.8. The first-order chi connectivity index (χ1) is 9.24. The van der Waals surface area contributed by atoms with Gasteiger partial charge in [-0.05, 0) is 20.3 Å². The van der Waals surface area contributed by atoms with Gasteiger partial charge in [0, 0.05) is 24.7 Å². The van der Waals surface area contributed by atoms with E-state index in [1.165, 1.54) is 13.8 Å². The van der Waals surface area contributed by atoms with Crippen LogP contribution in [0.4, 0.5) is 0 Å². The van der Waals surface area contributed by atoms with Crippen LogP contribution in [-0.4, -0.2) is 28.8 Å². The molecule has 1 aliphatic rings. The number of rotatable bonds is 5. The number of hydrogen-bond donors (Lipinski definition) is 0. The van der Waals surface area contributed by atoms with Crippen molar-refractivity contribution in [3.05, 3.63) is 10.1 Å². The van der Waals surface area contributed by atoms with Gasteiger partial charge in [-0.1, -0.05) is 0 Å². The lowest BCUT2D eigenvalue weighted by Crippen LogP contribution is -2.47. The van der Waals surface area contributed by atoms with Crippen LogP contribution in [0.15, 0.2) is 0 Å². The molecule has 3 atom stereocenters. The number of nitriles is 1. The number of carbonyl (C=O) groups excluding carboxylic acids is 2. The molecule has 7 heteroatoms. The molecule has 1 fully saturated rings. The Balaban J connectivity index is 3.31. The summed E-state index contributed by atoms with van der Waals surface area (Å²) in [6.07, 6.45) is -0.0636. The van der Waals surface area contributed by atoms with Crippen molar-refractivity contribution in [2.45, 2.75) is 45.6 Å². The van der Waals surface area contributed by atoms with Crippen LogP contribution in [0.25, 0.3) is 0 Å². The molecule has 0 saturated heterocycles. The highest BCUT2D eigenvalue weighted by Crippen LogP contribution is 2.52. The van der Waals surface area contributed by atoms with Gasteiger partial charge in [0.05, 0.1) is 18.6 Å². The highest BCUT2D eigenvalue weighted by molar-refractivity contribution is 5.83. The number of ketones is 1. The zero-order chi connectivity index (χ0) is 15.6. The normalized spacial score (nSPS) is 32.4. The lowest BCUT2D eigenvalue weighted by molar-refractivity contribution is -0.573. The Kier molecular flexibility index (Phi) is 4.48. The van der Waals surface area contributed by atoms with Crippen LogP contribution in [0.1, 0.15) is 40.0 Å². The summed E-state index contributed by atoms with van der Waals surface area (Å²) >= 11 is 0. The van der Waals surface area contributed by atoms with Gasteiger partial charge >= 0.3 is 5.97 Å². The number of Topliss-reactive ketones (excluding diaryl/α,β-unsaturated/α-hetero) is 1. The fourth-order valence-corrected chi connectivity index (χ4v) is 2.91. The fraction of sp³-hybridized carbons (Fsp3) is 0.769. The number of carbonyl (C=O) groups is 2. The molecule has 110 valence electrons. The largest absolute Gasteiger partial charge is 0.465 e. The molecule has 0 aromatic heterocycles. The third-order valence-electron chi connectivity index (χ3n) is 4.12. The second kappa shape index (κ2) is 5.57. The van der Waals surface area contributed by atoms with Crippen molar-refractivity contribution in [2.75, 3.05) is 6.61 Å². The van der Waals surface area contributed by atoms with Gasteiger partial charge in [-0.3, -0.25) is 14.9 Å². The Bertz CT molecular complexity index is 484. The molecule has 0 radical (unpaired) electrons. The number of ether oxygens (including phenoxy) is 1. The number of esters is 1. The monoisotopic (exact) mass is 282 g/mol. The zero-order valence-corrected chi connectivity index (χ0v) is 11.8. The van der Waals surface area contributed by atoms with Crippen LogP contribution in [0, 0.1) is 32.8 Å². The van der Waals surface area contributed by atoms with Crippen molar-refractivity contribution in [2.24, 2.45) is 11.3 Å². The van der Waals surface area contributed by atoms with E-state index in [0.29, 0.717) is 0 Å². The predicted molar refractivity (Wildman–Crippen MR) is 68.1 cm³/mol. The van der Waals surface area contributed by atoms with E-state index in [1.54, 1.807) is 6.92 Å². The second-order valence-electron chi connectivity index (χ2n) is 5.38. The third-order valence-corrected chi connectivity index (χ3v) is 4.12. The van der Waals surface area contributed by atoms with Gasteiger partial charge in [0.25, 0.3) is 0 Å². The molecule has 7 nitrogen and oxygen atoms in total. The van der Waals surface area contributed by atoms with Crippen molar-refractivity contribution < 1.29 is 19.2 Å². The van der Waals surface area contributed by atoms with E-state index in [4.69, 9.17) is 4.74 Å². The smallest absolute Gasteiger partial charge is 0.327 e. The van der Waals surface area contributed by atoms with Gasteiger partial charge in [-0.15, -0.1) is 0 Å². The quantitative estimate of drug-likeness (QED) is 0.429. The molecule has 0 bridgehead atoms. The van der Waals surface area contributed by atoms with Gasteiger partial charge in [-0.2, -0.15) is 5.26 Å². The average Bonchev–Trinajstić information content (AvgIpc) is 2.65. The molecular formula is C13H18N2O5. The first-order valence-corrected chi connectivity index (χ1v) is 6.47. The van der Waals surface area contributed by atoms with Crippen molar-refractivity contribution in [3.63, 3.8) is 0 Å². The van der Waals surface area contributed by atoms with Gasteiger partial charge in [0.15, 0.2) is 5.41 Å². The molecule has 1 rings (SSSR count). The molecule has 0 aromatic rings. The highest BCUT2D eigenvalue weighted by Gasteiger charge is 2.66. The number of nitrogens with zero attached hydrogens (tertiary/aromatic N) is 2. The minimum absolute atomic E-state index is 0.0394. The van der Waals surface area contributed by atoms with Crippen molar-refractivity contribution in [1.29, 1.82) is 5.26 Å². The molecule has 0 unspecified atom stereocenters. The molecule has 0 aromatic carbocycles. The maximum Gasteiger partial charge on any atom is 0.327 e. The van der Waals surface area contributed by atoms with Gasteiger partial charge in [-0.25, -0.2) is 0 Å². The molecule has 20 heavy (non-hydrogen) atoms. The lowest BCUT2D eigenvalue weighted by atomic mass is 9.71. The summed E-state index contributed by atoms with van der Waals surface area (Å²) in [6.45, 7) is 4.37. The summed E-state index contributed by atoms with van der Waals surface area (Å²) in [6, 6.07) is 1.90. The van der Waals surface area contributed by atoms with E-state index in [9.17, 15) is 25.0 Å². The van der Waals surface area contributed by atoms with Crippen molar-refractivity contribution in [1.82, 2.24) is 0 Å². The number of hydrogen-bond acceptors (Lipinski definition) is 6. The minimum atomic E-state index is -1.61. The van der Waals surface area contributed by atoms with Crippen LogP contribution in [0.2, 0.25) is 0 Å². The summed E-state index contributed by atoms with van der Waals surface area (Å²) in [4.78, 5) is 34.4. The molecule has 0 heterocycles. The molecule has 0 aliphatic heterocycles. The highest BCUT2D eigenvalue weighted by atomic mass is 16.6. The van der Waals surface area contributed by atoms with Crippen LogP contribution < -0.4 is 0 Å². The standard InChI is InChI=1S/C13H18N2O5/c1-4-20-11(17)13(8-14)6-5-12(3,15(18)19)10(13)7-9(2)16/h10H,4-7H2,1-3H3/t10-,12+,13+/m0/s1. The van der Waals surface area contributed by atoms with E-state index in [1.807, 2.05) is 6.07 Å².